The lowest BCUT2D eigenvalue weighted by Gasteiger charge is -2.02. The minimum Gasteiger partial charge on any atom is -0.326 e. The van der Waals surface area contributed by atoms with Crippen LogP contribution in [0.5, 0.6) is 0 Å². The third kappa shape index (κ3) is 3.47. The predicted octanol–water partition coefficient (Wildman–Crippen LogP) is 2.83. The van der Waals surface area contributed by atoms with Crippen LogP contribution in [0.3, 0.4) is 0 Å². The van der Waals surface area contributed by atoms with Gasteiger partial charge in [0.05, 0.1) is 0 Å². The molecule has 0 spiro atoms. The fourth-order valence-corrected chi connectivity index (χ4v) is 1.99. The molecular formula is C10H8ClN3O2S. The Balaban J connectivity index is 2.05. The molecule has 2 aromatic rings. The van der Waals surface area contributed by atoms with Crippen LogP contribution in [0.15, 0.2) is 38.9 Å². The van der Waals surface area contributed by atoms with Crippen LogP contribution in [0.4, 0.5) is 5.69 Å². The zero-order valence-corrected chi connectivity index (χ0v) is 10.4. The fourth-order valence-electron chi connectivity index (χ4n) is 1.14. The van der Waals surface area contributed by atoms with E-state index >= 15 is 0 Å². The van der Waals surface area contributed by atoms with Gasteiger partial charge in [-0.1, -0.05) is 0 Å². The summed E-state index contributed by atoms with van der Waals surface area (Å²) >= 11 is 6.83. The number of anilines is 1. The first-order valence-corrected chi connectivity index (χ1v) is 5.87. The molecule has 7 heteroatoms. The molecule has 0 fully saturated rings. The fraction of sp³-hybridized carbons (Fsp3) is 0.100. The minimum absolute atomic E-state index is 0.0855. The summed E-state index contributed by atoms with van der Waals surface area (Å²) in [6.07, 6.45) is 0. The Kier molecular flexibility index (Phi) is 3.65. The number of rotatable bonds is 3. The molecule has 17 heavy (non-hydrogen) atoms. The van der Waals surface area contributed by atoms with Gasteiger partial charge in [0.1, 0.15) is 0 Å². The number of carbonyl (C=O) groups is 1. The molecule has 0 saturated carbocycles. The molecule has 0 saturated heterocycles. The summed E-state index contributed by atoms with van der Waals surface area (Å²) in [7, 11) is 0. The SMILES string of the molecule is CC(=O)Nc1ccc(Sc2nc(Cl)no2)cc1. The molecule has 0 atom stereocenters. The van der Waals surface area contributed by atoms with Crippen LogP contribution < -0.4 is 5.32 Å². The molecular weight excluding hydrogens is 262 g/mol. The Labute approximate surface area is 107 Å². The van der Waals surface area contributed by atoms with Crippen LogP contribution in [0.1, 0.15) is 6.92 Å². The van der Waals surface area contributed by atoms with Crippen molar-refractivity contribution >= 4 is 35.0 Å². The maximum Gasteiger partial charge on any atom is 0.291 e. The molecule has 0 aliphatic rings. The highest BCUT2D eigenvalue weighted by Gasteiger charge is 2.06. The van der Waals surface area contributed by atoms with Crippen LogP contribution in [-0.2, 0) is 4.79 Å². The first-order chi connectivity index (χ1) is 8.13. The molecule has 1 heterocycles. The Morgan fingerprint density at radius 1 is 1.41 bits per heavy atom. The number of aromatic nitrogens is 2. The molecule has 1 aromatic carbocycles. The second kappa shape index (κ2) is 5.20. The maximum absolute atomic E-state index is 10.8. The van der Waals surface area contributed by atoms with Gasteiger partial charge in [-0.05, 0) is 52.8 Å². The van der Waals surface area contributed by atoms with Crippen molar-refractivity contribution in [2.24, 2.45) is 0 Å². The van der Waals surface area contributed by atoms with Gasteiger partial charge < -0.3 is 9.84 Å². The average molecular weight is 270 g/mol. The summed E-state index contributed by atoms with van der Waals surface area (Å²) in [4.78, 5) is 15.6. The number of nitrogens with zero attached hydrogens (tertiary/aromatic N) is 2. The molecule has 1 aromatic heterocycles. The van der Waals surface area contributed by atoms with E-state index in [4.69, 9.17) is 16.1 Å². The van der Waals surface area contributed by atoms with Gasteiger partial charge in [0.2, 0.25) is 5.91 Å². The number of amides is 1. The lowest BCUT2D eigenvalue weighted by atomic mass is 10.3. The quantitative estimate of drug-likeness (QED) is 0.928. The summed E-state index contributed by atoms with van der Waals surface area (Å²) in [6, 6.07) is 7.27. The summed E-state index contributed by atoms with van der Waals surface area (Å²) < 4.78 is 4.86. The van der Waals surface area contributed by atoms with Gasteiger partial charge in [0.15, 0.2) is 0 Å². The summed E-state index contributed by atoms with van der Waals surface area (Å²) in [6.45, 7) is 1.46. The van der Waals surface area contributed by atoms with Crippen molar-refractivity contribution in [2.45, 2.75) is 17.0 Å². The van der Waals surface area contributed by atoms with Crippen LogP contribution in [0.25, 0.3) is 0 Å². The Bertz CT molecular complexity index is 527. The van der Waals surface area contributed by atoms with E-state index in [2.05, 4.69) is 15.5 Å². The van der Waals surface area contributed by atoms with E-state index in [0.29, 0.717) is 5.22 Å². The summed E-state index contributed by atoms with van der Waals surface area (Å²) in [5.74, 6) is -0.103. The second-order valence-electron chi connectivity index (χ2n) is 3.14. The molecule has 0 bridgehead atoms. The number of carbonyl (C=O) groups excluding carboxylic acids is 1. The van der Waals surface area contributed by atoms with E-state index in [1.54, 1.807) is 12.1 Å². The summed E-state index contributed by atoms with van der Waals surface area (Å²) in [5, 5.41) is 6.61. The normalized spacial score (nSPS) is 10.2. The third-order valence-electron chi connectivity index (χ3n) is 1.76. The van der Waals surface area contributed by atoms with E-state index in [0.717, 1.165) is 10.6 Å². The van der Waals surface area contributed by atoms with Crippen molar-refractivity contribution in [3.63, 3.8) is 0 Å². The number of hydrogen-bond acceptors (Lipinski definition) is 5. The molecule has 0 aliphatic heterocycles. The van der Waals surface area contributed by atoms with Crippen LogP contribution in [0.2, 0.25) is 5.28 Å². The van der Waals surface area contributed by atoms with E-state index in [1.807, 2.05) is 12.1 Å². The highest BCUT2D eigenvalue weighted by Crippen LogP contribution is 2.27. The van der Waals surface area contributed by atoms with E-state index in [-0.39, 0.29) is 11.2 Å². The number of hydrogen-bond donors (Lipinski definition) is 1. The molecule has 0 unspecified atom stereocenters. The number of halogens is 1. The zero-order valence-electron chi connectivity index (χ0n) is 8.81. The maximum atomic E-state index is 10.8. The van der Waals surface area contributed by atoms with Gasteiger partial charge >= 0.3 is 0 Å². The van der Waals surface area contributed by atoms with Crippen molar-refractivity contribution in [1.82, 2.24) is 10.1 Å². The van der Waals surface area contributed by atoms with E-state index in [1.165, 1.54) is 18.7 Å². The standard InChI is InChI=1S/C10H8ClN3O2S/c1-6(15)12-7-2-4-8(5-3-7)17-10-13-9(11)14-16-10/h2-5H,1H3,(H,12,15). The van der Waals surface area contributed by atoms with Crippen LogP contribution in [-0.4, -0.2) is 16.0 Å². The Morgan fingerprint density at radius 2 is 2.12 bits per heavy atom. The average Bonchev–Trinajstić information content (AvgIpc) is 2.66. The molecule has 1 N–H and O–H groups in total. The van der Waals surface area contributed by atoms with Gasteiger partial charge in [-0.2, -0.15) is 4.98 Å². The van der Waals surface area contributed by atoms with Crippen molar-refractivity contribution in [2.75, 3.05) is 5.32 Å². The van der Waals surface area contributed by atoms with E-state index < -0.39 is 0 Å². The number of benzene rings is 1. The van der Waals surface area contributed by atoms with E-state index in [9.17, 15) is 4.79 Å². The highest BCUT2D eigenvalue weighted by atomic mass is 35.5. The number of nitrogens with one attached hydrogen (secondary N) is 1. The van der Waals surface area contributed by atoms with Crippen molar-refractivity contribution in [3.8, 4) is 0 Å². The van der Waals surface area contributed by atoms with Gasteiger partial charge in [0, 0.05) is 17.5 Å². The third-order valence-corrected chi connectivity index (χ3v) is 2.76. The zero-order chi connectivity index (χ0) is 12.3. The van der Waals surface area contributed by atoms with Gasteiger partial charge in [-0.25, -0.2) is 0 Å². The van der Waals surface area contributed by atoms with Gasteiger partial charge in [-0.3, -0.25) is 4.79 Å². The molecule has 0 radical (unpaired) electrons. The minimum atomic E-state index is -0.103. The highest BCUT2D eigenvalue weighted by molar-refractivity contribution is 7.99. The Hall–Kier alpha value is -1.53. The smallest absolute Gasteiger partial charge is 0.291 e. The molecule has 88 valence electrons. The van der Waals surface area contributed by atoms with Gasteiger partial charge in [-0.15, -0.1) is 0 Å². The van der Waals surface area contributed by atoms with Crippen LogP contribution >= 0.6 is 23.4 Å². The molecule has 2 rings (SSSR count). The van der Waals surface area contributed by atoms with Crippen molar-refractivity contribution < 1.29 is 9.32 Å². The van der Waals surface area contributed by atoms with Crippen molar-refractivity contribution in [1.29, 1.82) is 0 Å². The second-order valence-corrected chi connectivity index (χ2v) is 4.50. The van der Waals surface area contributed by atoms with Crippen molar-refractivity contribution in [3.05, 3.63) is 29.5 Å². The topological polar surface area (TPSA) is 68.0 Å². The first-order valence-electron chi connectivity index (χ1n) is 4.68. The predicted molar refractivity (Wildman–Crippen MR) is 64.2 cm³/mol. The summed E-state index contributed by atoms with van der Waals surface area (Å²) in [5.41, 5.74) is 0.741. The Morgan fingerprint density at radius 3 is 2.65 bits per heavy atom. The lowest BCUT2D eigenvalue weighted by molar-refractivity contribution is -0.114. The molecule has 1 amide bonds. The molecule has 0 aliphatic carbocycles. The molecule has 5 nitrogen and oxygen atoms in total. The largest absolute Gasteiger partial charge is 0.326 e. The van der Waals surface area contributed by atoms with Gasteiger partial charge in [0.25, 0.3) is 10.5 Å². The lowest BCUT2D eigenvalue weighted by Crippen LogP contribution is -2.05. The monoisotopic (exact) mass is 269 g/mol. The first kappa shape index (κ1) is 11.9. The van der Waals surface area contributed by atoms with Crippen LogP contribution in [0, 0.1) is 0 Å².